The Morgan fingerprint density at radius 2 is 2.00 bits per heavy atom. The van der Waals surface area contributed by atoms with Gasteiger partial charge < -0.3 is 14.4 Å². The van der Waals surface area contributed by atoms with E-state index in [1.165, 1.54) is 10.4 Å². The molecule has 0 aliphatic carbocycles. The van der Waals surface area contributed by atoms with Gasteiger partial charge in [0.05, 0.1) is 20.6 Å². The number of likely N-dealkylation sites (tertiary alicyclic amines) is 1. The summed E-state index contributed by atoms with van der Waals surface area (Å²) in [6, 6.07) is 8.41. The van der Waals surface area contributed by atoms with Crippen molar-refractivity contribution in [2.75, 3.05) is 33.9 Å². The highest BCUT2D eigenvalue weighted by Gasteiger charge is 2.36. The van der Waals surface area contributed by atoms with Crippen molar-refractivity contribution in [1.29, 1.82) is 0 Å². The van der Waals surface area contributed by atoms with E-state index in [4.69, 9.17) is 9.47 Å². The summed E-state index contributed by atoms with van der Waals surface area (Å²) in [6.07, 6.45) is 1.55. The Hall–Kier alpha value is -2.05. The minimum Gasteiger partial charge on any atom is -0.493 e. The number of hydrogen-bond acceptors (Lipinski definition) is 5. The first-order valence-corrected chi connectivity index (χ1v) is 9.84. The average molecular weight is 372 g/mol. The molecule has 2 aliphatic rings. The van der Waals surface area contributed by atoms with Crippen LogP contribution in [0.5, 0.6) is 11.5 Å². The Bertz CT molecular complexity index is 798. The number of rotatable bonds is 5. The second kappa shape index (κ2) is 7.29. The van der Waals surface area contributed by atoms with Crippen molar-refractivity contribution in [1.82, 2.24) is 9.80 Å². The second-order valence-corrected chi connectivity index (χ2v) is 7.91. The van der Waals surface area contributed by atoms with Gasteiger partial charge in [-0.1, -0.05) is 6.07 Å². The van der Waals surface area contributed by atoms with Gasteiger partial charge >= 0.3 is 0 Å². The largest absolute Gasteiger partial charge is 0.493 e. The molecular formula is C20H24N2O3S. The molecule has 0 saturated carbocycles. The number of carbonyl (C=O) groups is 1. The van der Waals surface area contributed by atoms with Crippen LogP contribution in [0.4, 0.5) is 0 Å². The average Bonchev–Trinajstić information content (AvgIpc) is 3.08. The van der Waals surface area contributed by atoms with Crippen LogP contribution >= 0.6 is 11.3 Å². The molecule has 1 aromatic heterocycles. The molecule has 0 atom stereocenters. The number of carbonyl (C=O) groups excluding carboxylic acids is 1. The molecule has 0 radical (unpaired) electrons. The molecule has 1 amide bonds. The summed E-state index contributed by atoms with van der Waals surface area (Å²) in [5.74, 6) is 1.53. The third-order valence-corrected chi connectivity index (χ3v) is 6.39. The van der Waals surface area contributed by atoms with Crippen molar-refractivity contribution in [3.05, 3.63) is 45.6 Å². The van der Waals surface area contributed by atoms with E-state index in [2.05, 4.69) is 16.3 Å². The van der Waals surface area contributed by atoms with Gasteiger partial charge in [0.15, 0.2) is 11.5 Å². The lowest BCUT2D eigenvalue weighted by molar-refractivity contribution is -0.138. The Kier molecular flexibility index (Phi) is 4.87. The Balaban J connectivity index is 1.31. The van der Waals surface area contributed by atoms with Gasteiger partial charge in [-0.25, -0.2) is 0 Å². The number of hydrogen-bond donors (Lipinski definition) is 0. The highest BCUT2D eigenvalue weighted by atomic mass is 32.1. The van der Waals surface area contributed by atoms with Gasteiger partial charge in [0.1, 0.15) is 0 Å². The quantitative estimate of drug-likeness (QED) is 0.809. The van der Waals surface area contributed by atoms with Crippen molar-refractivity contribution in [3.63, 3.8) is 0 Å². The molecule has 1 saturated heterocycles. The van der Waals surface area contributed by atoms with Gasteiger partial charge in [-0.2, -0.15) is 0 Å². The van der Waals surface area contributed by atoms with Crippen LogP contribution in [0.25, 0.3) is 0 Å². The van der Waals surface area contributed by atoms with E-state index >= 15 is 0 Å². The Morgan fingerprint density at radius 1 is 1.19 bits per heavy atom. The Labute approximate surface area is 158 Å². The number of methoxy groups -OCH3 is 2. The molecule has 3 heterocycles. The van der Waals surface area contributed by atoms with E-state index in [0.29, 0.717) is 24.0 Å². The van der Waals surface area contributed by atoms with Crippen LogP contribution < -0.4 is 9.47 Å². The third-order valence-electron chi connectivity index (χ3n) is 5.37. The molecule has 0 bridgehead atoms. The van der Waals surface area contributed by atoms with E-state index in [0.717, 1.165) is 38.2 Å². The first kappa shape index (κ1) is 17.4. The lowest BCUT2D eigenvalue weighted by Crippen LogP contribution is -2.61. The van der Waals surface area contributed by atoms with Crippen LogP contribution in [-0.2, 0) is 24.2 Å². The molecule has 138 valence electrons. The first-order chi connectivity index (χ1) is 12.7. The normalized spacial score (nSPS) is 17.5. The SMILES string of the molecule is COc1ccc(CC(=O)N2CC(N3CCc4sccc4C3)C2)cc1OC. The molecule has 4 rings (SSSR count). The number of amides is 1. The fourth-order valence-electron chi connectivity index (χ4n) is 3.75. The van der Waals surface area contributed by atoms with Gasteiger partial charge in [-0.05, 0) is 41.1 Å². The summed E-state index contributed by atoms with van der Waals surface area (Å²) in [5, 5.41) is 2.19. The van der Waals surface area contributed by atoms with Gasteiger partial charge in [-0.3, -0.25) is 9.69 Å². The molecule has 26 heavy (non-hydrogen) atoms. The molecule has 6 heteroatoms. The van der Waals surface area contributed by atoms with Crippen LogP contribution in [0, 0.1) is 0 Å². The van der Waals surface area contributed by atoms with E-state index in [9.17, 15) is 4.79 Å². The summed E-state index contributed by atoms with van der Waals surface area (Å²) in [6.45, 7) is 3.81. The fraction of sp³-hybridized carbons (Fsp3) is 0.450. The molecule has 2 aromatic rings. The minimum atomic E-state index is 0.182. The van der Waals surface area contributed by atoms with Gasteiger partial charge in [-0.15, -0.1) is 11.3 Å². The van der Waals surface area contributed by atoms with Crippen molar-refractivity contribution in [2.24, 2.45) is 0 Å². The zero-order valence-corrected chi connectivity index (χ0v) is 16.1. The van der Waals surface area contributed by atoms with Crippen LogP contribution in [0.1, 0.15) is 16.0 Å². The molecule has 1 aromatic carbocycles. The second-order valence-electron chi connectivity index (χ2n) is 6.91. The smallest absolute Gasteiger partial charge is 0.227 e. The molecule has 5 nitrogen and oxygen atoms in total. The van der Waals surface area contributed by atoms with Gasteiger partial charge in [0.25, 0.3) is 0 Å². The van der Waals surface area contributed by atoms with Crippen LogP contribution in [0.2, 0.25) is 0 Å². The summed E-state index contributed by atoms with van der Waals surface area (Å²) >= 11 is 1.87. The van der Waals surface area contributed by atoms with E-state index in [1.54, 1.807) is 14.2 Å². The topological polar surface area (TPSA) is 42.0 Å². The van der Waals surface area contributed by atoms with E-state index in [1.807, 2.05) is 34.4 Å². The van der Waals surface area contributed by atoms with Gasteiger partial charge in [0.2, 0.25) is 5.91 Å². The molecule has 0 N–H and O–H groups in total. The first-order valence-electron chi connectivity index (χ1n) is 8.96. The maximum Gasteiger partial charge on any atom is 0.227 e. The van der Waals surface area contributed by atoms with E-state index < -0.39 is 0 Å². The molecule has 0 unspecified atom stereocenters. The highest BCUT2D eigenvalue weighted by molar-refractivity contribution is 7.10. The minimum absolute atomic E-state index is 0.182. The molecule has 0 spiro atoms. The predicted octanol–water partition coefficient (Wildman–Crippen LogP) is 2.58. The summed E-state index contributed by atoms with van der Waals surface area (Å²) in [7, 11) is 3.23. The van der Waals surface area contributed by atoms with Gasteiger partial charge in [0, 0.05) is 37.1 Å². The lowest BCUT2D eigenvalue weighted by Gasteiger charge is -2.46. The monoisotopic (exact) mass is 372 g/mol. The number of benzene rings is 1. The van der Waals surface area contributed by atoms with Crippen LogP contribution in [0.3, 0.4) is 0 Å². The fourth-order valence-corrected chi connectivity index (χ4v) is 4.64. The Morgan fingerprint density at radius 3 is 2.77 bits per heavy atom. The number of fused-ring (bicyclic) bond motifs is 1. The standard InChI is InChI=1S/C20H24N2O3S/c1-24-17-4-3-14(9-18(17)25-2)10-20(23)22-12-16(13-22)21-7-5-19-15(11-21)6-8-26-19/h3-4,6,8-9,16H,5,7,10-13H2,1-2H3. The molecule has 1 fully saturated rings. The molecular weight excluding hydrogens is 348 g/mol. The maximum absolute atomic E-state index is 12.6. The van der Waals surface area contributed by atoms with Crippen LogP contribution in [-0.4, -0.2) is 55.6 Å². The third kappa shape index (κ3) is 3.31. The zero-order valence-electron chi connectivity index (χ0n) is 15.2. The van der Waals surface area contributed by atoms with Crippen molar-refractivity contribution in [2.45, 2.75) is 25.4 Å². The van der Waals surface area contributed by atoms with Crippen molar-refractivity contribution in [3.8, 4) is 11.5 Å². The summed E-state index contributed by atoms with van der Waals surface area (Å²) < 4.78 is 10.6. The zero-order chi connectivity index (χ0) is 18.1. The summed E-state index contributed by atoms with van der Waals surface area (Å²) in [5.41, 5.74) is 2.42. The number of thiophene rings is 1. The van der Waals surface area contributed by atoms with Crippen molar-refractivity contribution < 1.29 is 14.3 Å². The van der Waals surface area contributed by atoms with Crippen molar-refractivity contribution >= 4 is 17.2 Å². The number of ether oxygens (including phenoxy) is 2. The van der Waals surface area contributed by atoms with E-state index in [-0.39, 0.29) is 5.91 Å². The lowest BCUT2D eigenvalue weighted by atomic mass is 10.0. The molecule has 2 aliphatic heterocycles. The predicted molar refractivity (Wildman–Crippen MR) is 102 cm³/mol. The maximum atomic E-state index is 12.6. The van der Waals surface area contributed by atoms with Crippen LogP contribution in [0.15, 0.2) is 29.6 Å². The highest BCUT2D eigenvalue weighted by Crippen LogP contribution is 2.29. The number of nitrogens with zero attached hydrogens (tertiary/aromatic N) is 2. The summed E-state index contributed by atoms with van der Waals surface area (Å²) in [4.78, 5) is 18.6.